The molecular weight excluding hydrogens is 276 g/mol. The van der Waals surface area contributed by atoms with Crippen molar-refractivity contribution in [3.05, 3.63) is 29.2 Å². The van der Waals surface area contributed by atoms with E-state index in [0.29, 0.717) is 29.6 Å². The molecule has 5 heteroatoms. The van der Waals surface area contributed by atoms with Gasteiger partial charge in [-0.15, -0.1) is 0 Å². The van der Waals surface area contributed by atoms with E-state index in [9.17, 15) is 4.79 Å². The van der Waals surface area contributed by atoms with Crippen LogP contribution in [0, 0.1) is 11.8 Å². The molecule has 0 bridgehead atoms. The Labute approximate surface area is 131 Å². The number of rotatable bonds is 4. The molecule has 0 spiro atoms. The van der Waals surface area contributed by atoms with Crippen LogP contribution < -0.4 is 5.32 Å². The lowest BCUT2D eigenvalue weighted by Crippen LogP contribution is -2.25. The summed E-state index contributed by atoms with van der Waals surface area (Å²) in [5.74, 6) is 1.20. The lowest BCUT2D eigenvalue weighted by molar-refractivity contribution is 0.0953. The summed E-state index contributed by atoms with van der Waals surface area (Å²) < 4.78 is 1.86. The molecule has 0 aliphatic heterocycles. The van der Waals surface area contributed by atoms with Crippen molar-refractivity contribution >= 4 is 11.6 Å². The van der Waals surface area contributed by atoms with Crippen molar-refractivity contribution < 1.29 is 4.79 Å². The summed E-state index contributed by atoms with van der Waals surface area (Å²) in [5.41, 5.74) is 3.73. The second-order valence-electron chi connectivity index (χ2n) is 6.81. The minimum absolute atomic E-state index is 0.0766. The van der Waals surface area contributed by atoms with Gasteiger partial charge >= 0.3 is 0 Å². The van der Waals surface area contributed by atoms with Crippen molar-refractivity contribution in [2.24, 2.45) is 11.8 Å². The predicted molar refractivity (Wildman–Crippen MR) is 86.0 cm³/mol. The van der Waals surface area contributed by atoms with Gasteiger partial charge in [-0.05, 0) is 43.1 Å². The first-order chi connectivity index (χ1) is 10.6. The van der Waals surface area contributed by atoms with E-state index in [-0.39, 0.29) is 5.91 Å². The first-order valence-corrected chi connectivity index (χ1v) is 8.19. The molecule has 1 N–H and O–H groups in total. The monoisotopic (exact) mass is 300 g/mol. The van der Waals surface area contributed by atoms with E-state index in [2.05, 4.69) is 36.2 Å². The highest BCUT2D eigenvalue weighted by atomic mass is 16.1. The van der Waals surface area contributed by atoms with E-state index in [4.69, 9.17) is 0 Å². The van der Waals surface area contributed by atoms with Gasteiger partial charge in [-0.2, -0.15) is 5.10 Å². The molecule has 0 radical (unpaired) electrons. The standard InChI is InChI=1S/C17H24N4O/c1-11(2)6-7-18-17(22)14-10-20-21-15-5-4-12(3)8-13(15)9-19-16(14)21/h9-12H,4-8H2,1-3H3,(H,18,22). The van der Waals surface area contributed by atoms with Crippen molar-refractivity contribution in [1.82, 2.24) is 19.9 Å². The van der Waals surface area contributed by atoms with Gasteiger partial charge in [-0.25, -0.2) is 9.50 Å². The molecule has 1 amide bonds. The molecule has 118 valence electrons. The zero-order valence-corrected chi connectivity index (χ0v) is 13.6. The molecule has 0 fully saturated rings. The van der Waals surface area contributed by atoms with Gasteiger partial charge in [0.25, 0.3) is 5.91 Å². The third-order valence-electron chi connectivity index (χ3n) is 4.41. The van der Waals surface area contributed by atoms with Crippen LogP contribution in [0.2, 0.25) is 0 Å². The molecule has 22 heavy (non-hydrogen) atoms. The number of fused-ring (bicyclic) bond motifs is 3. The van der Waals surface area contributed by atoms with E-state index in [1.807, 2.05) is 10.7 Å². The van der Waals surface area contributed by atoms with Crippen molar-refractivity contribution in [3.63, 3.8) is 0 Å². The molecule has 2 aromatic rings. The van der Waals surface area contributed by atoms with Crippen molar-refractivity contribution in [1.29, 1.82) is 0 Å². The quantitative estimate of drug-likeness (QED) is 0.944. The summed E-state index contributed by atoms with van der Waals surface area (Å²) in [6.45, 7) is 7.26. The van der Waals surface area contributed by atoms with Crippen LogP contribution >= 0.6 is 0 Å². The van der Waals surface area contributed by atoms with Gasteiger partial charge in [0.2, 0.25) is 0 Å². The highest BCUT2D eigenvalue weighted by molar-refractivity contribution is 5.99. The maximum atomic E-state index is 12.3. The largest absolute Gasteiger partial charge is 0.352 e. The maximum Gasteiger partial charge on any atom is 0.256 e. The van der Waals surface area contributed by atoms with Gasteiger partial charge in [0.05, 0.1) is 6.20 Å². The van der Waals surface area contributed by atoms with Crippen molar-refractivity contribution in [2.45, 2.75) is 46.5 Å². The number of aromatic nitrogens is 3. The Balaban J connectivity index is 1.85. The Hall–Kier alpha value is -1.91. The Morgan fingerprint density at radius 1 is 1.45 bits per heavy atom. The van der Waals surface area contributed by atoms with Crippen LogP contribution in [-0.2, 0) is 12.8 Å². The van der Waals surface area contributed by atoms with Crippen LogP contribution in [0.25, 0.3) is 5.65 Å². The zero-order chi connectivity index (χ0) is 15.7. The van der Waals surface area contributed by atoms with Gasteiger partial charge in [0, 0.05) is 18.4 Å². The summed E-state index contributed by atoms with van der Waals surface area (Å²) >= 11 is 0. The molecule has 1 atom stereocenters. The summed E-state index contributed by atoms with van der Waals surface area (Å²) in [6, 6.07) is 0. The van der Waals surface area contributed by atoms with E-state index in [0.717, 1.165) is 19.3 Å². The summed E-state index contributed by atoms with van der Waals surface area (Å²) in [7, 11) is 0. The highest BCUT2D eigenvalue weighted by Crippen LogP contribution is 2.25. The molecule has 1 unspecified atom stereocenters. The number of aryl methyl sites for hydroxylation is 1. The number of nitrogens with one attached hydrogen (secondary N) is 1. The Morgan fingerprint density at radius 3 is 3.05 bits per heavy atom. The van der Waals surface area contributed by atoms with Crippen LogP contribution in [0.4, 0.5) is 0 Å². The number of carbonyl (C=O) groups excluding carboxylic acids is 1. The lowest BCUT2D eigenvalue weighted by atomic mass is 9.89. The summed E-state index contributed by atoms with van der Waals surface area (Å²) in [5, 5.41) is 7.38. The van der Waals surface area contributed by atoms with Gasteiger partial charge in [-0.3, -0.25) is 4.79 Å². The zero-order valence-electron chi connectivity index (χ0n) is 13.6. The minimum atomic E-state index is -0.0766. The number of carbonyl (C=O) groups is 1. The molecule has 2 aromatic heterocycles. The van der Waals surface area contributed by atoms with E-state index >= 15 is 0 Å². The van der Waals surface area contributed by atoms with Gasteiger partial charge < -0.3 is 5.32 Å². The second-order valence-corrected chi connectivity index (χ2v) is 6.81. The SMILES string of the molecule is CC(C)CCNC(=O)c1cnn2c3c(cnc12)CC(C)CC3. The summed E-state index contributed by atoms with van der Waals surface area (Å²) in [6.07, 6.45) is 7.77. The Kier molecular flexibility index (Phi) is 4.14. The molecule has 0 aromatic carbocycles. The van der Waals surface area contributed by atoms with Crippen LogP contribution in [0.15, 0.2) is 12.4 Å². The number of amides is 1. The number of hydrogen-bond acceptors (Lipinski definition) is 3. The molecule has 5 nitrogen and oxygen atoms in total. The first-order valence-electron chi connectivity index (χ1n) is 8.19. The Bertz CT molecular complexity index is 689. The van der Waals surface area contributed by atoms with Gasteiger partial charge in [0.1, 0.15) is 5.56 Å². The molecule has 1 aliphatic carbocycles. The second kappa shape index (κ2) is 6.07. The molecular formula is C17H24N4O. The first kappa shape index (κ1) is 15.0. The number of nitrogens with zero attached hydrogens (tertiary/aromatic N) is 3. The summed E-state index contributed by atoms with van der Waals surface area (Å²) in [4.78, 5) is 16.8. The van der Waals surface area contributed by atoms with E-state index in [1.54, 1.807) is 6.20 Å². The average Bonchev–Trinajstić information content (AvgIpc) is 2.90. The smallest absolute Gasteiger partial charge is 0.256 e. The van der Waals surface area contributed by atoms with E-state index in [1.165, 1.54) is 17.7 Å². The third kappa shape index (κ3) is 2.85. The van der Waals surface area contributed by atoms with Crippen LogP contribution in [0.1, 0.15) is 55.2 Å². The lowest BCUT2D eigenvalue weighted by Gasteiger charge is -2.21. The maximum absolute atomic E-state index is 12.3. The normalized spacial score (nSPS) is 17.7. The van der Waals surface area contributed by atoms with Crippen LogP contribution in [-0.4, -0.2) is 27.0 Å². The van der Waals surface area contributed by atoms with Crippen molar-refractivity contribution in [2.75, 3.05) is 6.54 Å². The molecule has 0 saturated heterocycles. The molecule has 1 aliphatic rings. The van der Waals surface area contributed by atoms with Crippen LogP contribution in [0.5, 0.6) is 0 Å². The molecule has 3 rings (SSSR count). The fraction of sp³-hybridized carbons (Fsp3) is 0.588. The van der Waals surface area contributed by atoms with Gasteiger partial charge in [0.15, 0.2) is 5.65 Å². The van der Waals surface area contributed by atoms with Crippen LogP contribution in [0.3, 0.4) is 0 Å². The number of hydrogen-bond donors (Lipinski definition) is 1. The highest BCUT2D eigenvalue weighted by Gasteiger charge is 2.21. The molecule has 0 saturated carbocycles. The fourth-order valence-electron chi connectivity index (χ4n) is 3.04. The topological polar surface area (TPSA) is 59.3 Å². The molecule has 2 heterocycles. The average molecular weight is 300 g/mol. The minimum Gasteiger partial charge on any atom is -0.352 e. The third-order valence-corrected chi connectivity index (χ3v) is 4.41. The fourth-order valence-corrected chi connectivity index (χ4v) is 3.04. The Morgan fingerprint density at radius 2 is 2.27 bits per heavy atom. The predicted octanol–water partition coefficient (Wildman–Crippen LogP) is 2.63. The van der Waals surface area contributed by atoms with Crippen molar-refractivity contribution in [3.8, 4) is 0 Å². The van der Waals surface area contributed by atoms with E-state index < -0.39 is 0 Å². The van der Waals surface area contributed by atoms with Gasteiger partial charge in [-0.1, -0.05) is 20.8 Å².